The lowest BCUT2D eigenvalue weighted by atomic mass is 10.1. The number of carbonyl (C=O) groups is 1. The Balaban J connectivity index is 1.39. The number of methoxy groups -OCH3 is 2. The molecule has 0 bridgehead atoms. The van der Waals surface area contributed by atoms with E-state index in [0.717, 1.165) is 27.4 Å². The third-order valence-corrected chi connectivity index (χ3v) is 5.68. The summed E-state index contributed by atoms with van der Waals surface area (Å²) in [5.41, 5.74) is 3.87. The van der Waals surface area contributed by atoms with Gasteiger partial charge >= 0.3 is 0 Å². The summed E-state index contributed by atoms with van der Waals surface area (Å²) in [5.74, 6) is 1.82. The first-order chi connectivity index (χ1) is 15.7. The highest BCUT2D eigenvalue weighted by atomic mass is 32.1. The minimum absolute atomic E-state index is 0.176. The van der Waals surface area contributed by atoms with E-state index in [-0.39, 0.29) is 5.91 Å². The van der Waals surface area contributed by atoms with Gasteiger partial charge in [-0.15, -0.1) is 11.3 Å². The lowest BCUT2D eigenvalue weighted by Gasteiger charge is -2.08. The number of carbonyl (C=O) groups excluding carboxylic acids is 1. The van der Waals surface area contributed by atoms with E-state index < -0.39 is 0 Å². The van der Waals surface area contributed by atoms with Gasteiger partial charge in [0.1, 0.15) is 10.8 Å². The van der Waals surface area contributed by atoms with Gasteiger partial charge in [0.2, 0.25) is 5.91 Å². The molecule has 2 aromatic carbocycles. The lowest BCUT2D eigenvalue weighted by molar-refractivity contribution is -0.116. The van der Waals surface area contributed by atoms with Crippen LogP contribution in [-0.2, 0) is 11.3 Å². The molecule has 0 atom stereocenters. The maximum atomic E-state index is 12.0. The third kappa shape index (κ3) is 5.07. The van der Waals surface area contributed by atoms with Gasteiger partial charge < -0.3 is 19.2 Å². The maximum absolute atomic E-state index is 12.0. The number of thiazole rings is 1. The molecule has 0 saturated heterocycles. The number of nitrogens with zero attached hydrogens (tertiary/aromatic N) is 1. The molecular weight excluding hydrogens is 424 g/mol. The van der Waals surface area contributed by atoms with Gasteiger partial charge in [-0.2, -0.15) is 0 Å². The molecule has 7 heteroatoms. The number of nitrogens with one attached hydrogen (secondary N) is 1. The van der Waals surface area contributed by atoms with Crippen LogP contribution in [0.1, 0.15) is 11.3 Å². The topological polar surface area (TPSA) is 73.6 Å². The van der Waals surface area contributed by atoms with Crippen molar-refractivity contribution in [1.29, 1.82) is 0 Å². The summed E-state index contributed by atoms with van der Waals surface area (Å²) in [6.07, 6.45) is 4.66. The van der Waals surface area contributed by atoms with Crippen LogP contribution in [0.15, 0.2) is 76.7 Å². The third-order valence-electron chi connectivity index (χ3n) is 4.79. The van der Waals surface area contributed by atoms with Crippen LogP contribution in [0, 0.1) is 0 Å². The molecule has 4 aromatic rings. The first-order valence-corrected chi connectivity index (χ1v) is 10.8. The van der Waals surface area contributed by atoms with Gasteiger partial charge in [-0.05, 0) is 42.0 Å². The number of ether oxygens (including phenoxy) is 2. The second kappa shape index (κ2) is 9.98. The fraction of sp³-hybridized carbons (Fsp3) is 0.120. The van der Waals surface area contributed by atoms with E-state index in [4.69, 9.17) is 18.9 Å². The van der Waals surface area contributed by atoms with Crippen LogP contribution in [0.5, 0.6) is 11.5 Å². The number of amides is 1. The summed E-state index contributed by atoms with van der Waals surface area (Å²) in [7, 11) is 3.23. The second-order valence-electron chi connectivity index (χ2n) is 6.87. The van der Waals surface area contributed by atoms with E-state index in [1.807, 2.05) is 47.8 Å². The van der Waals surface area contributed by atoms with Crippen molar-refractivity contribution in [2.45, 2.75) is 6.54 Å². The molecule has 1 N–H and O–H groups in total. The number of aromatic nitrogens is 1. The van der Waals surface area contributed by atoms with Crippen LogP contribution in [0.2, 0.25) is 0 Å². The Morgan fingerprint density at radius 3 is 2.56 bits per heavy atom. The van der Waals surface area contributed by atoms with Crippen LogP contribution in [0.4, 0.5) is 0 Å². The van der Waals surface area contributed by atoms with Crippen molar-refractivity contribution >= 4 is 23.3 Å². The summed E-state index contributed by atoms with van der Waals surface area (Å²) in [4.78, 5) is 16.7. The standard InChI is InChI=1S/C25H22N2O4S/c1-29-22-11-9-19(14-23(22)30-2)21-16-32-25(27-21)18-7-5-17(6-8-18)15-26-24(28)12-10-20-4-3-13-31-20/h3-14,16H,15H2,1-2H3,(H,26,28)/b12-10+. The summed E-state index contributed by atoms with van der Waals surface area (Å²) in [6.45, 7) is 0.441. The fourth-order valence-electron chi connectivity index (χ4n) is 3.09. The molecule has 0 unspecified atom stereocenters. The zero-order valence-corrected chi connectivity index (χ0v) is 18.5. The van der Waals surface area contributed by atoms with Crippen molar-refractivity contribution in [3.05, 3.63) is 83.6 Å². The Morgan fingerprint density at radius 1 is 1.06 bits per heavy atom. The van der Waals surface area contributed by atoms with Crippen LogP contribution in [0.3, 0.4) is 0 Å². The van der Waals surface area contributed by atoms with E-state index in [2.05, 4.69) is 5.32 Å². The molecule has 2 aromatic heterocycles. The summed E-state index contributed by atoms with van der Waals surface area (Å²) in [6, 6.07) is 17.3. The predicted molar refractivity (Wildman–Crippen MR) is 126 cm³/mol. The van der Waals surface area contributed by atoms with E-state index in [0.29, 0.717) is 23.8 Å². The van der Waals surface area contributed by atoms with Gasteiger partial charge in [-0.25, -0.2) is 4.98 Å². The number of rotatable bonds is 8. The number of hydrogen-bond acceptors (Lipinski definition) is 6. The molecule has 0 aliphatic heterocycles. The Morgan fingerprint density at radius 2 is 1.84 bits per heavy atom. The lowest BCUT2D eigenvalue weighted by Crippen LogP contribution is -2.20. The van der Waals surface area contributed by atoms with Crippen molar-refractivity contribution in [3.63, 3.8) is 0 Å². The van der Waals surface area contributed by atoms with Crippen molar-refractivity contribution in [2.24, 2.45) is 0 Å². The minimum atomic E-state index is -0.176. The molecular formula is C25H22N2O4S. The van der Waals surface area contributed by atoms with Crippen molar-refractivity contribution in [3.8, 4) is 33.3 Å². The summed E-state index contributed by atoms with van der Waals surface area (Å²) < 4.78 is 15.9. The molecule has 0 fully saturated rings. The molecule has 0 radical (unpaired) electrons. The van der Waals surface area contributed by atoms with Crippen LogP contribution >= 0.6 is 11.3 Å². The Bertz CT molecular complexity index is 1210. The van der Waals surface area contributed by atoms with E-state index >= 15 is 0 Å². The highest BCUT2D eigenvalue weighted by Gasteiger charge is 2.10. The quantitative estimate of drug-likeness (QED) is 0.366. The highest BCUT2D eigenvalue weighted by Crippen LogP contribution is 2.34. The first kappa shape index (κ1) is 21.4. The molecule has 0 aliphatic carbocycles. The van der Waals surface area contributed by atoms with Crippen molar-refractivity contribution in [2.75, 3.05) is 14.2 Å². The summed E-state index contributed by atoms with van der Waals surface area (Å²) in [5, 5.41) is 5.81. The number of furan rings is 1. The molecule has 4 rings (SSSR count). The number of hydrogen-bond donors (Lipinski definition) is 1. The van der Waals surface area contributed by atoms with E-state index in [9.17, 15) is 4.79 Å². The highest BCUT2D eigenvalue weighted by molar-refractivity contribution is 7.13. The normalized spacial score (nSPS) is 10.9. The monoisotopic (exact) mass is 446 g/mol. The summed E-state index contributed by atoms with van der Waals surface area (Å²) >= 11 is 1.58. The van der Waals surface area contributed by atoms with E-state index in [1.54, 1.807) is 50.0 Å². The fourth-order valence-corrected chi connectivity index (χ4v) is 3.93. The molecule has 2 heterocycles. The number of benzene rings is 2. The van der Waals surface area contributed by atoms with Gasteiger partial charge in [-0.1, -0.05) is 24.3 Å². The zero-order valence-electron chi connectivity index (χ0n) is 17.7. The first-order valence-electron chi connectivity index (χ1n) is 9.93. The SMILES string of the molecule is COc1ccc(-c2csc(-c3ccc(CNC(=O)/C=C/c4ccco4)cc3)n2)cc1OC. The molecule has 6 nitrogen and oxygen atoms in total. The van der Waals surface area contributed by atoms with Gasteiger partial charge in [0.05, 0.1) is 26.2 Å². The smallest absolute Gasteiger partial charge is 0.244 e. The second-order valence-corrected chi connectivity index (χ2v) is 7.73. The van der Waals surface area contributed by atoms with Crippen LogP contribution in [0.25, 0.3) is 27.9 Å². The molecule has 0 aliphatic rings. The average molecular weight is 447 g/mol. The maximum Gasteiger partial charge on any atom is 0.244 e. The Labute approximate surface area is 190 Å². The van der Waals surface area contributed by atoms with E-state index in [1.165, 1.54) is 6.08 Å². The molecule has 32 heavy (non-hydrogen) atoms. The minimum Gasteiger partial charge on any atom is -0.493 e. The van der Waals surface area contributed by atoms with Gasteiger partial charge in [0, 0.05) is 29.1 Å². The Hall–Kier alpha value is -3.84. The predicted octanol–water partition coefficient (Wildman–Crippen LogP) is 5.42. The molecule has 0 spiro atoms. The zero-order chi connectivity index (χ0) is 22.3. The van der Waals surface area contributed by atoms with Crippen molar-refractivity contribution in [1.82, 2.24) is 10.3 Å². The van der Waals surface area contributed by atoms with Gasteiger partial charge in [-0.3, -0.25) is 4.79 Å². The largest absolute Gasteiger partial charge is 0.493 e. The van der Waals surface area contributed by atoms with Crippen LogP contribution < -0.4 is 14.8 Å². The van der Waals surface area contributed by atoms with Gasteiger partial charge in [0.25, 0.3) is 0 Å². The van der Waals surface area contributed by atoms with Crippen molar-refractivity contribution < 1.29 is 18.7 Å². The van der Waals surface area contributed by atoms with Crippen LogP contribution in [-0.4, -0.2) is 25.1 Å². The van der Waals surface area contributed by atoms with Gasteiger partial charge in [0.15, 0.2) is 11.5 Å². The average Bonchev–Trinajstić information content (AvgIpc) is 3.54. The molecule has 0 saturated carbocycles. The molecule has 1 amide bonds. The Kier molecular flexibility index (Phi) is 6.67. The molecule has 162 valence electrons.